The molecule has 0 aliphatic heterocycles. The first kappa shape index (κ1) is 11.4. The zero-order chi connectivity index (χ0) is 12.3. The van der Waals surface area contributed by atoms with Crippen molar-refractivity contribution in [1.82, 2.24) is 4.98 Å². The molecule has 0 spiro atoms. The predicted octanol–water partition coefficient (Wildman–Crippen LogP) is 2.60. The van der Waals surface area contributed by atoms with Gasteiger partial charge >= 0.3 is 5.97 Å². The number of hydrogen-bond donors (Lipinski definition) is 1. The van der Waals surface area contributed by atoms with Crippen LogP contribution in [0, 0.1) is 5.92 Å². The zero-order valence-corrected chi connectivity index (χ0v) is 9.46. The van der Waals surface area contributed by atoms with Crippen LogP contribution in [0.2, 0.25) is 0 Å². The molecule has 1 aromatic carbocycles. The quantitative estimate of drug-likeness (QED) is 0.878. The Morgan fingerprint density at radius 1 is 1.53 bits per heavy atom. The number of carboxylic acids is 1. The van der Waals surface area contributed by atoms with Crippen molar-refractivity contribution in [3.8, 4) is 11.5 Å². The summed E-state index contributed by atoms with van der Waals surface area (Å²) in [6.45, 7) is 1.69. The van der Waals surface area contributed by atoms with Gasteiger partial charge in [-0.15, -0.1) is 0 Å². The van der Waals surface area contributed by atoms with E-state index in [-0.39, 0.29) is 0 Å². The molecule has 1 N–H and O–H groups in total. The lowest BCUT2D eigenvalue weighted by Gasteiger charge is -2.06. The molecule has 0 radical (unpaired) electrons. The van der Waals surface area contributed by atoms with Crippen molar-refractivity contribution in [2.24, 2.45) is 5.92 Å². The van der Waals surface area contributed by atoms with Crippen LogP contribution in [0.3, 0.4) is 0 Å². The molecule has 1 aromatic heterocycles. The molecule has 2 rings (SSSR count). The molecular weight excluding hydrogens is 218 g/mol. The van der Waals surface area contributed by atoms with Crippen molar-refractivity contribution in [2.75, 3.05) is 0 Å². The van der Waals surface area contributed by atoms with E-state index in [2.05, 4.69) is 4.98 Å². The minimum absolute atomic E-state index is 0.394. The second-order valence-corrected chi connectivity index (χ2v) is 3.98. The van der Waals surface area contributed by atoms with Crippen LogP contribution in [0.5, 0.6) is 0 Å². The number of nitrogens with zero attached hydrogens (tertiary/aromatic N) is 1. The molecule has 4 heteroatoms. The van der Waals surface area contributed by atoms with Gasteiger partial charge in [0.2, 0.25) is 5.89 Å². The summed E-state index contributed by atoms with van der Waals surface area (Å²) in [5, 5.41) is 8.87. The van der Waals surface area contributed by atoms with Crippen molar-refractivity contribution < 1.29 is 14.3 Å². The number of aliphatic carboxylic acids is 1. The molecule has 1 atom stereocenters. The average molecular weight is 231 g/mol. The van der Waals surface area contributed by atoms with Gasteiger partial charge in [0.05, 0.1) is 12.1 Å². The van der Waals surface area contributed by atoms with Gasteiger partial charge in [0, 0.05) is 5.56 Å². The summed E-state index contributed by atoms with van der Waals surface area (Å²) in [5.41, 5.74) is 1.83. The second kappa shape index (κ2) is 4.82. The lowest BCUT2D eigenvalue weighted by molar-refractivity contribution is -0.141. The van der Waals surface area contributed by atoms with E-state index in [1.54, 1.807) is 13.1 Å². The van der Waals surface area contributed by atoms with Gasteiger partial charge in [-0.2, -0.15) is 0 Å². The Kier molecular flexibility index (Phi) is 3.23. The normalized spacial score (nSPS) is 12.3. The molecule has 17 heavy (non-hydrogen) atoms. The van der Waals surface area contributed by atoms with Gasteiger partial charge in [0.1, 0.15) is 6.26 Å². The maximum Gasteiger partial charge on any atom is 0.306 e. The number of rotatable bonds is 4. The highest BCUT2D eigenvalue weighted by Gasteiger charge is 2.12. The molecule has 0 aliphatic rings. The molecule has 0 fully saturated rings. The Bertz CT molecular complexity index is 505. The molecule has 1 heterocycles. The molecule has 0 saturated heterocycles. The lowest BCUT2D eigenvalue weighted by Crippen LogP contribution is -2.12. The summed E-state index contributed by atoms with van der Waals surface area (Å²) < 4.78 is 5.20. The van der Waals surface area contributed by atoms with Gasteiger partial charge in [0.15, 0.2) is 0 Å². The Labute approximate surface area is 98.9 Å². The number of aromatic nitrogens is 1. The van der Waals surface area contributed by atoms with Gasteiger partial charge in [-0.1, -0.05) is 19.1 Å². The maximum atomic E-state index is 10.8. The van der Waals surface area contributed by atoms with E-state index in [9.17, 15) is 4.79 Å². The van der Waals surface area contributed by atoms with E-state index >= 15 is 0 Å². The summed E-state index contributed by atoms with van der Waals surface area (Å²) in [4.78, 5) is 14.8. The molecule has 4 nitrogen and oxygen atoms in total. The molecular formula is C13H13NO3. The van der Waals surface area contributed by atoms with Crippen LogP contribution in [-0.2, 0) is 11.2 Å². The van der Waals surface area contributed by atoms with Crippen LogP contribution in [0.15, 0.2) is 41.1 Å². The molecule has 2 aromatic rings. The molecule has 88 valence electrons. The molecule has 1 unspecified atom stereocenters. The molecule has 0 amide bonds. The number of oxazole rings is 1. The standard InChI is InChI=1S/C13H13NO3/c1-9(13(15)16)7-10-3-2-4-11(8-10)12-14-5-6-17-12/h2-6,8-9H,7H2,1H3,(H,15,16). The van der Waals surface area contributed by atoms with Crippen LogP contribution >= 0.6 is 0 Å². The van der Waals surface area contributed by atoms with Crippen molar-refractivity contribution in [3.63, 3.8) is 0 Å². The summed E-state index contributed by atoms with van der Waals surface area (Å²) in [6.07, 6.45) is 3.60. The highest BCUT2D eigenvalue weighted by Crippen LogP contribution is 2.19. The monoisotopic (exact) mass is 231 g/mol. The fourth-order valence-corrected chi connectivity index (χ4v) is 1.64. The molecule has 0 aliphatic carbocycles. The van der Waals surface area contributed by atoms with Crippen LogP contribution < -0.4 is 0 Å². The van der Waals surface area contributed by atoms with Crippen molar-refractivity contribution in [2.45, 2.75) is 13.3 Å². The highest BCUT2D eigenvalue weighted by molar-refractivity contribution is 5.70. The van der Waals surface area contributed by atoms with Crippen LogP contribution in [-0.4, -0.2) is 16.1 Å². The van der Waals surface area contributed by atoms with Gasteiger partial charge in [-0.25, -0.2) is 4.98 Å². The fraction of sp³-hybridized carbons (Fsp3) is 0.231. The number of hydrogen-bond acceptors (Lipinski definition) is 3. The van der Waals surface area contributed by atoms with Crippen molar-refractivity contribution >= 4 is 5.97 Å². The van der Waals surface area contributed by atoms with Gasteiger partial charge < -0.3 is 9.52 Å². The Hall–Kier alpha value is -2.10. The third-order valence-electron chi connectivity index (χ3n) is 2.57. The summed E-state index contributed by atoms with van der Waals surface area (Å²) in [6, 6.07) is 7.58. The first-order valence-electron chi connectivity index (χ1n) is 5.38. The Morgan fingerprint density at radius 3 is 3.00 bits per heavy atom. The van der Waals surface area contributed by atoms with Gasteiger partial charge in [-0.05, 0) is 24.1 Å². The Morgan fingerprint density at radius 2 is 2.35 bits per heavy atom. The zero-order valence-electron chi connectivity index (χ0n) is 9.46. The van der Waals surface area contributed by atoms with E-state index < -0.39 is 11.9 Å². The highest BCUT2D eigenvalue weighted by atomic mass is 16.4. The topological polar surface area (TPSA) is 63.3 Å². The number of carboxylic acid groups (broad SMARTS) is 1. The van der Waals surface area contributed by atoms with E-state index in [4.69, 9.17) is 9.52 Å². The number of carbonyl (C=O) groups is 1. The fourth-order valence-electron chi connectivity index (χ4n) is 1.64. The van der Waals surface area contributed by atoms with Crippen LogP contribution in [0.25, 0.3) is 11.5 Å². The van der Waals surface area contributed by atoms with Crippen LogP contribution in [0.1, 0.15) is 12.5 Å². The van der Waals surface area contributed by atoms with E-state index in [1.807, 2.05) is 24.3 Å². The molecule has 0 bridgehead atoms. The first-order valence-corrected chi connectivity index (χ1v) is 5.38. The predicted molar refractivity (Wildman–Crippen MR) is 62.4 cm³/mol. The smallest absolute Gasteiger partial charge is 0.306 e. The van der Waals surface area contributed by atoms with Gasteiger partial charge in [-0.3, -0.25) is 4.79 Å². The SMILES string of the molecule is CC(Cc1cccc(-c2ncco2)c1)C(=O)O. The van der Waals surface area contributed by atoms with Gasteiger partial charge in [0.25, 0.3) is 0 Å². The third-order valence-corrected chi connectivity index (χ3v) is 2.57. The van der Waals surface area contributed by atoms with Crippen molar-refractivity contribution in [1.29, 1.82) is 0 Å². The minimum Gasteiger partial charge on any atom is -0.481 e. The van der Waals surface area contributed by atoms with Crippen LogP contribution in [0.4, 0.5) is 0 Å². The number of benzene rings is 1. The van der Waals surface area contributed by atoms with E-state index in [0.717, 1.165) is 11.1 Å². The minimum atomic E-state index is -0.786. The summed E-state index contributed by atoms with van der Waals surface area (Å²) in [5.74, 6) is -0.629. The summed E-state index contributed by atoms with van der Waals surface area (Å²) in [7, 11) is 0. The maximum absolute atomic E-state index is 10.8. The Balaban J connectivity index is 2.20. The first-order chi connectivity index (χ1) is 8.16. The largest absolute Gasteiger partial charge is 0.481 e. The molecule has 0 saturated carbocycles. The van der Waals surface area contributed by atoms with E-state index in [1.165, 1.54) is 6.26 Å². The van der Waals surface area contributed by atoms with E-state index in [0.29, 0.717) is 12.3 Å². The summed E-state index contributed by atoms with van der Waals surface area (Å²) >= 11 is 0. The van der Waals surface area contributed by atoms with Crippen molar-refractivity contribution in [3.05, 3.63) is 42.3 Å². The third kappa shape index (κ3) is 2.72. The second-order valence-electron chi connectivity index (χ2n) is 3.98. The lowest BCUT2D eigenvalue weighted by atomic mass is 10.00. The average Bonchev–Trinajstić information content (AvgIpc) is 2.82.